The molecular weight excluding hydrogens is 397 g/mol. The lowest BCUT2D eigenvalue weighted by Crippen LogP contribution is -2.42. The summed E-state index contributed by atoms with van der Waals surface area (Å²) >= 11 is 8.24. The Morgan fingerprint density at radius 1 is 1.19 bits per heavy atom. The Labute approximate surface area is 144 Å². The van der Waals surface area contributed by atoms with Crippen molar-refractivity contribution in [1.29, 1.82) is 0 Å². The van der Waals surface area contributed by atoms with Crippen LogP contribution >= 0.6 is 34.2 Å². The van der Waals surface area contributed by atoms with Crippen LogP contribution in [0.1, 0.15) is 42.5 Å². The van der Waals surface area contributed by atoms with Gasteiger partial charge in [-0.3, -0.25) is 4.79 Å². The highest BCUT2D eigenvalue weighted by Gasteiger charge is 2.54. The fourth-order valence-electron chi connectivity index (χ4n) is 5.15. The number of halogens is 2. The number of benzene rings is 1. The topological polar surface area (TPSA) is 29.1 Å². The molecule has 21 heavy (non-hydrogen) atoms. The summed E-state index contributed by atoms with van der Waals surface area (Å²) in [6.07, 6.45) is 6.74. The van der Waals surface area contributed by atoms with Crippen molar-refractivity contribution >= 4 is 40.1 Å². The monoisotopic (exact) mass is 415 g/mol. The molecule has 1 N–H and O–H groups in total. The largest absolute Gasteiger partial charge is 0.349 e. The van der Waals surface area contributed by atoms with Crippen LogP contribution in [0.25, 0.3) is 0 Å². The Morgan fingerprint density at radius 3 is 2.86 bits per heavy atom. The van der Waals surface area contributed by atoms with Gasteiger partial charge in [-0.25, -0.2) is 0 Å². The van der Waals surface area contributed by atoms with Gasteiger partial charge in [-0.1, -0.05) is 18.0 Å². The molecule has 3 saturated carbocycles. The lowest BCUT2D eigenvalue weighted by molar-refractivity contribution is 0.0900. The maximum atomic E-state index is 12.6. The van der Waals surface area contributed by atoms with E-state index >= 15 is 0 Å². The van der Waals surface area contributed by atoms with Crippen LogP contribution in [0.2, 0.25) is 5.02 Å². The molecule has 3 aliphatic rings. The van der Waals surface area contributed by atoms with E-state index in [9.17, 15) is 4.79 Å². The number of carbonyl (C=O) groups excluding carboxylic acids is 1. The minimum absolute atomic E-state index is 0.0500. The fraction of sp³-hybridized carbons (Fsp3) is 0.588. The first-order chi connectivity index (χ1) is 10.1. The molecule has 1 aromatic carbocycles. The van der Waals surface area contributed by atoms with Crippen LogP contribution < -0.4 is 5.32 Å². The van der Waals surface area contributed by atoms with Crippen molar-refractivity contribution in [3.63, 3.8) is 0 Å². The van der Waals surface area contributed by atoms with Gasteiger partial charge in [0.2, 0.25) is 0 Å². The molecule has 2 nitrogen and oxygen atoms in total. The molecule has 0 aromatic heterocycles. The van der Waals surface area contributed by atoms with E-state index in [0.29, 0.717) is 16.6 Å². The molecule has 3 aliphatic carbocycles. The molecule has 0 aliphatic heterocycles. The smallest absolute Gasteiger partial charge is 0.252 e. The quantitative estimate of drug-likeness (QED) is 0.708. The average Bonchev–Trinajstić information content (AvgIpc) is 3.13. The first-order valence-corrected chi connectivity index (χ1v) is 9.35. The SMILES string of the molecule is O=C(NC1CC2CC1C1CCCC21)c1cc(Cl)ccc1I. The number of fused-ring (bicyclic) bond motifs is 5. The molecule has 5 unspecified atom stereocenters. The first kappa shape index (κ1) is 14.3. The second kappa shape index (κ2) is 5.41. The van der Waals surface area contributed by atoms with Crippen LogP contribution in [0.3, 0.4) is 0 Å². The van der Waals surface area contributed by atoms with Crippen LogP contribution in [-0.2, 0) is 0 Å². The van der Waals surface area contributed by atoms with Gasteiger partial charge in [-0.2, -0.15) is 0 Å². The zero-order chi connectivity index (χ0) is 14.6. The number of rotatable bonds is 2. The molecule has 112 valence electrons. The van der Waals surface area contributed by atoms with Crippen molar-refractivity contribution in [3.8, 4) is 0 Å². The van der Waals surface area contributed by atoms with Crippen LogP contribution in [-0.4, -0.2) is 11.9 Å². The summed E-state index contributed by atoms with van der Waals surface area (Å²) in [6.45, 7) is 0. The second-order valence-corrected chi connectivity index (χ2v) is 8.46. The molecule has 4 heteroatoms. The van der Waals surface area contributed by atoms with E-state index in [1.165, 1.54) is 32.1 Å². The molecular formula is C17H19ClINO. The highest BCUT2D eigenvalue weighted by atomic mass is 127. The molecule has 0 heterocycles. The van der Waals surface area contributed by atoms with Gasteiger partial charge in [-0.15, -0.1) is 0 Å². The zero-order valence-electron chi connectivity index (χ0n) is 11.8. The first-order valence-electron chi connectivity index (χ1n) is 7.89. The summed E-state index contributed by atoms with van der Waals surface area (Å²) in [5.41, 5.74) is 0.717. The number of carbonyl (C=O) groups is 1. The van der Waals surface area contributed by atoms with Gasteiger partial charge in [0, 0.05) is 14.6 Å². The predicted octanol–water partition coefficient (Wildman–Crippen LogP) is 4.50. The van der Waals surface area contributed by atoms with Crippen LogP contribution in [0, 0.1) is 27.2 Å². The van der Waals surface area contributed by atoms with Crippen molar-refractivity contribution in [3.05, 3.63) is 32.4 Å². The minimum atomic E-state index is 0.0500. The molecule has 1 aromatic rings. The number of amides is 1. The Hall–Kier alpha value is -0.290. The predicted molar refractivity (Wildman–Crippen MR) is 92.5 cm³/mol. The Kier molecular flexibility index (Phi) is 3.69. The van der Waals surface area contributed by atoms with Crippen LogP contribution in [0.15, 0.2) is 18.2 Å². The molecule has 0 saturated heterocycles. The van der Waals surface area contributed by atoms with Crippen molar-refractivity contribution in [2.45, 2.75) is 38.1 Å². The van der Waals surface area contributed by atoms with Crippen LogP contribution in [0.5, 0.6) is 0 Å². The lowest BCUT2D eigenvalue weighted by Gasteiger charge is -2.32. The summed E-state index contributed by atoms with van der Waals surface area (Å²) in [5, 5.41) is 3.93. The fourth-order valence-corrected chi connectivity index (χ4v) is 5.90. The van der Waals surface area contributed by atoms with Gasteiger partial charge in [0.05, 0.1) is 5.56 Å². The molecule has 5 atom stereocenters. The van der Waals surface area contributed by atoms with Crippen molar-refractivity contribution in [1.82, 2.24) is 5.32 Å². The summed E-state index contributed by atoms with van der Waals surface area (Å²) in [6, 6.07) is 5.91. The van der Waals surface area contributed by atoms with Crippen molar-refractivity contribution < 1.29 is 4.79 Å². The lowest BCUT2D eigenvalue weighted by atomic mass is 9.79. The normalized spacial score (nSPS) is 36.8. The molecule has 0 radical (unpaired) electrons. The maximum Gasteiger partial charge on any atom is 0.252 e. The third kappa shape index (κ3) is 2.40. The Balaban J connectivity index is 1.50. The van der Waals surface area contributed by atoms with E-state index < -0.39 is 0 Å². The van der Waals surface area contributed by atoms with E-state index in [-0.39, 0.29) is 5.91 Å². The summed E-state index contributed by atoms with van der Waals surface area (Å²) in [7, 11) is 0. The van der Waals surface area contributed by atoms with Gasteiger partial charge in [0.25, 0.3) is 5.91 Å². The highest BCUT2D eigenvalue weighted by Crippen LogP contribution is 2.58. The van der Waals surface area contributed by atoms with Gasteiger partial charge in [0.1, 0.15) is 0 Å². The summed E-state index contributed by atoms with van der Waals surface area (Å²) < 4.78 is 0.969. The van der Waals surface area contributed by atoms with E-state index in [2.05, 4.69) is 27.9 Å². The molecule has 4 rings (SSSR count). The van der Waals surface area contributed by atoms with E-state index in [4.69, 9.17) is 11.6 Å². The van der Waals surface area contributed by atoms with Gasteiger partial charge < -0.3 is 5.32 Å². The van der Waals surface area contributed by atoms with Gasteiger partial charge in [0.15, 0.2) is 0 Å². The molecule has 2 bridgehead atoms. The van der Waals surface area contributed by atoms with Crippen molar-refractivity contribution in [2.75, 3.05) is 0 Å². The number of hydrogen-bond acceptors (Lipinski definition) is 1. The molecule has 3 fully saturated rings. The molecule has 1 amide bonds. The average molecular weight is 416 g/mol. The zero-order valence-corrected chi connectivity index (χ0v) is 14.7. The third-order valence-corrected chi connectivity index (χ3v) is 7.09. The van der Waals surface area contributed by atoms with Crippen LogP contribution in [0.4, 0.5) is 0 Å². The minimum Gasteiger partial charge on any atom is -0.349 e. The summed E-state index contributed by atoms with van der Waals surface area (Å²) in [5.74, 6) is 3.49. The van der Waals surface area contributed by atoms with E-state index in [1.807, 2.05) is 12.1 Å². The van der Waals surface area contributed by atoms with Crippen molar-refractivity contribution in [2.24, 2.45) is 23.7 Å². The van der Waals surface area contributed by atoms with Gasteiger partial charge >= 0.3 is 0 Å². The molecule has 0 spiro atoms. The second-order valence-electron chi connectivity index (χ2n) is 6.86. The van der Waals surface area contributed by atoms with Gasteiger partial charge in [-0.05, 0) is 90.1 Å². The third-order valence-electron chi connectivity index (χ3n) is 5.92. The standard InChI is InChI=1S/C17H19ClINO/c18-10-4-5-15(19)14(8-10)17(21)20-16-7-9-6-13(16)12-3-1-2-11(9)12/h4-5,8-9,11-13,16H,1-3,6-7H2,(H,20,21). The van der Waals surface area contributed by atoms with E-state index in [0.717, 1.165) is 27.2 Å². The Bertz CT molecular complexity index is 590. The van der Waals surface area contributed by atoms with E-state index in [1.54, 1.807) is 6.07 Å². The Morgan fingerprint density at radius 2 is 2.00 bits per heavy atom. The number of nitrogens with one attached hydrogen (secondary N) is 1. The summed E-state index contributed by atoms with van der Waals surface area (Å²) in [4.78, 5) is 12.6. The highest BCUT2D eigenvalue weighted by molar-refractivity contribution is 14.1. The number of hydrogen-bond donors (Lipinski definition) is 1. The maximum absolute atomic E-state index is 12.6.